The molecule has 100 valence electrons. The summed E-state index contributed by atoms with van der Waals surface area (Å²) in [6.07, 6.45) is 5.69. The van der Waals surface area contributed by atoms with Crippen molar-refractivity contribution < 1.29 is 4.39 Å². The van der Waals surface area contributed by atoms with E-state index in [1.54, 1.807) is 30.6 Å². The zero-order chi connectivity index (χ0) is 13.7. The fourth-order valence-electron chi connectivity index (χ4n) is 1.99. The molecule has 0 saturated carbocycles. The highest BCUT2D eigenvalue weighted by Crippen LogP contribution is 2.19. The lowest BCUT2D eigenvalue weighted by atomic mass is 10.00. The normalized spacial score (nSPS) is 12.4. The van der Waals surface area contributed by atoms with Crippen LogP contribution in [0.1, 0.15) is 17.5 Å². The van der Waals surface area contributed by atoms with Crippen LogP contribution in [-0.2, 0) is 12.8 Å². The van der Waals surface area contributed by atoms with Crippen molar-refractivity contribution in [3.8, 4) is 0 Å². The van der Waals surface area contributed by atoms with Gasteiger partial charge in [-0.15, -0.1) is 0 Å². The minimum Gasteiger partial charge on any atom is -0.327 e. The molecule has 1 heterocycles. The third kappa shape index (κ3) is 4.01. The first kappa shape index (κ1) is 14.0. The molecule has 0 amide bonds. The van der Waals surface area contributed by atoms with Crippen LogP contribution in [0.15, 0.2) is 42.7 Å². The Morgan fingerprint density at radius 2 is 1.95 bits per heavy atom. The van der Waals surface area contributed by atoms with Gasteiger partial charge in [0, 0.05) is 18.4 Å². The molecule has 2 nitrogen and oxygen atoms in total. The van der Waals surface area contributed by atoms with Crippen molar-refractivity contribution in [3.63, 3.8) is 0 Å². The number of pyridine rings is 1. The van der Waals surface area contributed by atoms with E-state index in [2.05, 4.69) is 4.98 Å². The Hall–Kier alpha value is -1.45. The molecule has 0 saturated heterocycles. The number of nitrogens with two attached hydrogens (primary N) is 1. The second-order valence-electron chi connectivity index (χ2n) is 4.57. The summed E-state index contributed by atoms with van der Waals surface area (Å²) in [5.74, 6) is -0.358. The van der Waals surface area contributed by atoms with Gasteiger partial charge >= 0.3 is 0 Å². The molecule has 0 radical (unpaired) electrons. The van der Waals surface area contributed by atoms with Gasteiger partial charge in [-0.05, 0) is 48.6 Å². The van der Waals surface area contributed by atoms with Crippen LogP contribution in [0.3, 0.4) is 0 Å². The van der Waals surface area contributed by atoms with Gasteiger partial charge in [0.1, 0.15) is 5.82 Å². The summed E-state index contributed by atoms with van der Waals surface area (Å²) in [4.78, 5) is 3.97. The highest BCUT2D eigenvalue weighted by molar-refractivity contribution is 6.30. The minimum atomic E-state index is -0.358. The van der Waals surface area contributed by atoms with Crippen molar-refractivity contribution >= 4 is 11.6 Å². The Morgan fingerprint density at radius 1 is 1.21 bits per heavy atom. The molecule has 19 heavy (non-hydrogen) atoms. The fraction of sp³-hybridized carbons (Fsp3) is 0.267. The molecule has 1 atom stereocenters. The molecule has 4 heteroatoms. The van der Waals surface area contributed by atoms with Gasteiger partial charge in [0.15, 0.2) is 0 Å². The van der Waals surface area contributed by atoms with Gasteiger partial charge in [0.2, 0.25) is 0 Å². The van der Waals surface area contributed by atoms with Crippen molar-refractivity contribution in [2.24, 2.45) is 5.73 Å². The van der Waals surface area contributed by atoms with Gasteiger partial charge < -0.3 is 5.73 Å². The molecule has 1 aromatic carbocycles. The Morgan fingerprint density at radius 3 is 2.68 bits per heavy atom. The van der Waals surface area contributed by atoms with Gasteiger partial charge in [0.25, 0.3) is 0 Å². The zero-order valence-electron chi connectivity index (χ0n) is 10.5. The van der Waals surface area contributed by atoms with Crippen LogP contribution >= 0.6 is 11.6 Å². The van der Waals surface area contributed by atoms with E-state index >= 15 is 0 Å². The quantitative estimate of drug-likeness (QED) is 0.911. The van der Waals surface area contributed by atoms with Crippen molar-refractivity contribution in [2.45, 2.75) is 25.3 Å². The summed E-state index contributed by atoms with van der Waals surface area (Å²) in [6.45, 7) is 0. The van der Waals surface area contributed by atoms with Crippen molar-refractivity contribution in [3.05, 3.63) is 64.7 Å². The SMILES string of the molecule is NC(CCc1ccncc1)Cc1cccc(Cl)c1F. The number of benzene rings is 1. The van der Waals surface area contributed by atoms with E-state index in [0.717, 1.165) is 12.8 Å². The van der Waals surface area contributed by atoms with E-state index in [1.165, 1.54) is 5.56 Å². The van der Waals surface area contributed by atoms with E-state index in [-0.39, 0.29) is 16.9 Å². The topological polar surface area (TPSA) is 38.9 Å². The maximum absolute atomic E-state index is 13.7. The number of nitrogens with zero attached hydrogens (tertiary/aromatic N) is 1. The minimum absolute atomic E-state index is 0.0823. The number of hydrogen-bond donors (Lipinski definition) is 1. The average Bonchev–Trinajstić information content (AvgIpc) is 2.43. The zero-order valence-corrected chi connectivity index (χ0v) is 11.3. The smallest absolute Gasteiger partial charge is 0.145 e. The molecule has 1 aromatic heterocycles. The van der Waals surface area contributed by atoms with Gasteiger partial charge in [-0.2, -0.15) is 0 Å². The van der Waals surface area contributed by atoms with Crippen LogP contribution in [0, 0.1) is 5.82 Å². The van der Waals surface area contributed by atoms with E-state index in [9.17, 15) is 4.39 Å². The first-order chi connectivity index (χ1) is 9.16. The van der Waals surface area contributed by atoms with Crippen LogP contribution in [0.25, 0.3) is 0 Å². The number of aryl methyl sites for hydroxylation is 1. The van der Waals surface area contributed by atoms with E-state index < -0.39 is 0 Å². The summed E-state index contributed by atoms with van der Waals surface area (Å²) in [7, 11) is 0. The highest BCUT2D eigenvalue weighted by atomic mass is 35.5. The van der Waals surface area contributed by atoms with Crippen LogP contribution in [-0.4, -0.2) is 11.0 Å². The maximum Gasteiger partial charge on any atom is 0.145 e. The van der Waals surface area contributed by atoms with Gasteiger partial charge in [0.05, 0.1) is 5.02 Å². The lowest BCUT2D eigenvalue weighted by molar-refractivity contribution is 0.566. The molecule has 2 rings (SSSR count). The second-order valence-corrected chi connectivity index (χ2v) is 4.98. The third-order valence-corrected chi connectivity index (χ3v) is 3.36. The molecular formula is C15H16ClFN2. The number of hydrogen-bond acceptors (Lipinski definition) is 2. The van der Waals surface area contributed by atoms with Gasteiger partial charge in [-0.3, -0.25) is 4.98 Å². The molecule has 2 N–H and O–H groups in total. The van der Waals surface area contributed by atoms with Gasteiger partial charge in [-0.25, -0.2) is 4.39 Å². The highest BCUT2D eigenvalue weighted by Gasteiger charge is 2.10. The van der Waals surface area contributed by atoms with E-state index in [4.69, 9.17) is 17.3 Å². The Balaban J connectivity index is 1.91. The number of aromatic nitrogens is 1. The summed E-state index contributed by atoms with van der Waals surface area (Å²) in [5.41, 5.74) is 7.82. The summed E-state index contributed by atoms with van der Waals surface area (Å²) < 4.78 is 13.7. The largest absolute Gasteiger partial charge is 0.327 e. The monoisotopic (exact) mass is 278 g/mol. The summed E-state index contributed by atoms with van der Waals surface area (Å²) >= 11 is 5.75. The fourth-order valence-corrected chi connectivity index (χ4v) is 2.19. The van der Waals surface area contributed by atoms with E-state index in [1.807, 2.05) is 12.1 Å². The molecule has 0 aliphatic rings. The number of halogens is 2. The van der Waals surface area contributed by atoms with Crippen molar-refractivity contribution in [1.29, 1.82) is 0 Å². The predicted molar refractivity (Wildman–Crippen MR) is 75.6 cm³/mol. The molecule has 0 aliphatic carbocycles. The summed E-state index contributed by atoms with van der Waals surface area (Å²) in [5, 5.41) is 0.152. The first-order valence-electron chi connectivity index (χ1n) is 6.24. The summed E-state index contributed by atoms with van der Waals surface area (Å²) in [6, 6.07) is 8.87. The molecule has 2 aromatic rings. The molecule has 0 aliphatic heterocycles. The molecule has 0 bridgehead atoms. The first-order valence-corrected chi connectivity index (χ1v) is 6.62. The average molecular weight is 279 g/mol. The predicted octanol–water partition coefficient (Wildman–Crippen LogP) is 3.38. The molecule has 1 unspecified atom stereocenters. The van der Waals surface area contributed by atoms with Gasteiger partial charge in [-0.1, -0.05) is 23.7 Å². The standard InChI is InChI=1S/C15H16ClFN2/c16-14-3-1-2-12(15(14)17)10-13(18)5-4-11-6-8-19-9-7-11/h1-3,6-9,13H,4-5,10,18H2. The maximum atomic E-state index is 13.7. The molecular weight excluding hydrogens is 263 g/mol. The van der Waals surface area contributed by atoms with Crippen molar-refractivity contribution in [1.82, 2.24) is 4.98 Å². The van der Waals surface area contributed by atoms with Crippen molar-refractivity contribution in [2.75, 3.05) is 0 Å². The van der Waals surface area contributed by atoms with Crippen LogP contribution in [0.2, 0.25) is 5.02 Å². The lowest BCUT2D eigenvalue weighted by Crippen LogP contribution is -2.24. The third-order valence-electron chi connectivity index (χ3n) is 3.07. The second kappa shape index (κ2) is 6.64. The molecule has 0 spiro atoms. The Kier molecular flexibility index (Phi) is 4.88. The molecule has 0 fully saturated rings. The van der Waals surface area contributed by atoms with Crippen LogP contribution < -0.4 is 5.73 Å². The van der Waals surface area contributed by atoms with Crippen LogP contribution in [0.5, 0.6) is 0 Å². The lowest BCUT2D eigenvalue weighted by Gasteiger charge is -2.12. The Bertz CT molecular complexity index is 531. The van der Waals surface area contributed by atoms with Crippen LogP contribution in [0.4, 0.5) is 4.39 Å². The van der Waals surface area contributed by atoms with E-state index in [0.29, 0.717) is 12.0 Å². The Labute approximate surface area is 117 Å². The number of rotatable bonds is 5.